The van der Waals surface area contributed by atoms with E-state index in [-0.39, 0.29) is 19.1 Å². The average Bonchev–Trinajstić information content (AvgIpc) is 3.01. The Morgan fingerprint density at radius 3 is 2.56 bits per heavy atom. The zero-order chi connectivity index (χ0) is 19.2. The van der Waals surface area contributed by atoms with Crippen molar-refractivity contribution in [2.75, 3.05) is 0 Å². The number of carbonyl (C=O) groups is 2. The minimum atomic E-state index is -0.719. The Morgan fingerprint density at radius 2 is 1.81 bits per heavy atom. The maximum Gasteiger partial charge on any atom is 0.408 e. The van der Waals surface area contributed by atoms with Gasteiger partial charge in [0.25, 0.3) is 0 Å². The summed E-state index contributed by atoms with van der Waals surface area (Å²) in [5.41, 5.74) is 2.75. The summed E-state index contributed by atoms with van der Waals surface area (Å²) in [4.78, 5) is 28.6. The number of benzene rings is 2. The normalized spacial score (nSPS) is 11.8. The third-order valence-electron chi connectivity index (χ3n) is 4.24. The van der Waals surface area contributed by atoms with E-state index in [9.17, 15) is 9.59 Å². The number of ether oxygens (including phenoxy) is 1. The van der Waals surface area contributed by atoms with Gasteiger partial charge in [0, 0.05) is 7.05 Å². The second kappa shape index (κ2) is 8.35. The van der Waals surface area contributed by atoms with E-state index < -0.39 is 12.1 Å². The SMILES string of the molecule is C[C@H](NC(=O)OCc1ccccc1)C(=O)NCc1nc2ccccc2n1C. The quantitative estimate of drug-likeness (QED) is 0.702. The number of imidazole rings is 1. The fourth-order valence-electron chi connectivity index (χ4n) is 2.68. The summed E-state index contributed by atoms with van der Waals surface area (Å²) in [5, 5.41) is 5.31. The van der Waals surface area contributed by atoms with Gasteiger partial charge in [0.2, 0.25) is 5.91 Å². The molecular weight excluding hydrogens is 344 g/mol. The fourth-order valence-corrected chi connectivity index (χ4v) is 2.68. The molecule has 0 bridgehead atoms. The molecule has 2 N–H and O–H groups in total. The van der Waals surface area contributed by atoms with E-state index >= 15 is 0 Å². The molecule has 0 unspecified atom stereocenters. The predicted octanol–water partition coefficient (Wildman–Crippen LogP) is 2.50. The Hall–Kier alpha value is -3.35. The molecule has 2 amide bonds. The van der Waals surface area contributed by atoms with Gasteiger partial charge in [0.15, 0.2) is 0 Å². The molecule has 3 rings (SSSR count). The van der Waals surface area contributed by atoms with Crippen molar-refractivity contribution in [2.45, 2.75) is 26.1 Å². The Bertz CT molecular complexity index is 937. The predicted molar refractivity (Wildman–Crippen MR) is 102 cm³/mol. The molecule has 27 heavy (non-hydrogen) atoms. The summed E-state index contributed by atoms with van der Waals surface area (Å²) in [6, 6.07) is 16.4. The maximum absolute atomic E-state index is 12.2. The molecule has 0 aliphatic carbocycles. The van der Waals surface area contributed by atoms with Gasteiger partial charge in [-0.1, -0.05) is 42.5 Å². The lowest BCUT2D eigenvalue weighted by atomic mass is 10.2. The number of fused-ring (bicyclic) bond motifs is 1. The highest BCUT2D eigenvalue weighted by Crippen LogP contribution is 2.13. The van der Waals surface area contributed by atoms with Gasteiger partial charge in [-0.05, 0) is 24.6 Å². The Morgan fingerprint density at radius 1 is 1.11 bits per heavy atom. The number of nitrogens with one attached hydrogen (secondary N) is 2. The fraction of sp³-hybridized carbons (Fsp3) is 0.250. The van der Waals surface area contributed by atoms with Crippen LogP contribution < -0.4 is 10.6 Å². The molecule has 0 saturated carbocycles. The summed E-state index contributed by atoms with van der Waals surface area (Å²) in [5.74, 6) is 0.433. The van der Waals surface area contributed by atoms with Crippen molar-refractivity contribution in [3.8, 4) is 0 Å². The van der Waals surface area contributed by atoms with Crippen molar-refractivity contribution in [3.05, 3.63) is 66.0 Å². The number of alkyl carbamates (subject to hydrolysis) is 1. The van der Waals surface area contributed by atoms with Gasteiger partial charge in [0.1, 0.15) is 18.5 Å². The first-order valence-electron chi connectivity index (χ1n) is 8.70. The van der Waals surface area contributed by atoms with E-state index in [1.165, 1.54) is 0 Å². The molecule has 0 fully saturated rings. The molecule has 0 aliphatic rings. The van der Waals surface area contributed by atoms with Crippen LogP contribution >= 0.6 is 0 Å². The third kappa shape index (κ3) is 4.63. The van der Waals surface area contributed by atoms with Gasteiger partial charge in [-0.2, -0.15) is 0 Å². The van der Waals surface area contributed by atoms with Crippen LogP contribution in [-0.2, 0) is 29.7 Å². The van der Waals surface area contributed by atoms with Crippen LogP contribution in [0.5, 0.6) is 0 Å². The van der Waals surface area contributed by atoms with Crippen LogP contribution in [-0.4, -0.2) is 27.6 Å². The van der Waals surface area contributed by atoms with Crippen molar-refractivity contribution in [1.29, 1.82) is 0 Å². The second-order valence-corrected chi connectivity index (χ2v) is 6.22. The largest absolute Gasteiger partial charge is 0.445 e. The first-order valence-corrected chi connectivity index (χ1v) is 8.70. The van der Waals surface area contributed by atoms with Crippen LogP contribution in [0.25, 0.3) is 11.0 Å². The van der Waals surface area contributed by atoms with Gasteiger partial charge in [-0.15, -0.1) is 0 Å². The van der Waals surface area contributed by atoms with E-state index in [1.54, 1.807) is 6.92 Å². The number of amides is 2. The molecule has 3 aromatic rings. The standard InChI is InChI=1S/C20H22N4O3/c1-14(22-20(26)27-13-15-8-4-3-5-9-15)19(25)21-12-18-23-16-10-6-7-11-17(16)24(18)2/h3-11,14H,12-13H2,1-2H3,(H,21,25)(H,22,26)/t14-/m0/s1. The van der Waals surface area contributed by atoms with Crippen LogP contribution in [0.3, 0.4) is 0 Å². The lowest BCUT2D eigenvalue weighted by Crippen LogP contribution is -2.44. The van der Waals surface area contributed by atoms with Gasteiger partial charge in [-0.3, -0.25) is 4.79 Å². The summed E-state index contributed by atoms with van der Waals surface area (Å²) in [6.07, 6.45) is -0.635. The number of hydrogen-bond acceptors (Lipinski definition) is 4. The average molecular weight is 366 g/mol. The number of nitrogens with zero attached hydrogens (tertiary/aromatic N) is 2. The van der Waals surface area contributed by atoms with Gasteiger partial charge < -0.3 is 19.9 Å². The van der Waals surface area contributed by atoms with E-state index in [1.807, 2.05) is 66.2 Å². The number of hydrogen-bond donors (Lipinski definition) is 2. The number of aryl methyl sites for hydroxylation is 1. The van der Waals surface area contributed by atoms with Crippen molar-refractivity contribution in [1.82, 2.24) is 20.2 Å². The van der Waals surface area contributed by atoms with E-state index in [2.05, 4.69) is 15.6 Å². The number of aromatic nitrogens is 2. The molecule has 140 valence electrons. The molecule has 0 saturated heterocycles. The molecule has 1 heterocycles. The van der Waals surface area contributed by atoms with E-state index in [0.29, 0.717) is 0 Å². The highest BCUT2D eigenvalue weighted by molar-refractivity contribution is 5.85. The molecule has 2 aromatic carbocycles. The van der Waals surface area contributed by atoms with Crippen molar-refractivity contribution < 1.29 is 14.3 Å². The Labute approximate surface area is 157 Å². The number of para-hydroxylation sites is 2. The minimum Gasteiger partial charge on any atom is -0.445 e. The van der Waals surface area contributed by atoms with Crippen molar-refractivity contribution >= 4 is 23.0 Å². The Kier molecular flexibility index (Phi) is 5.71. The summed E-state index contributed by atoms with van der Waals surface area (Å²) >= 11 is 0. The highest BCUT2D eigenvalue weighted by Gasteiger charge is 2.17. The van der Waals surface area contributed by atoms with Crippen LogP contribution in [0, 0.1) is 0 Å². The highest BCUT2D eigenvalue weighted by atomic mass is 16.5. The summed E-state index contributed by atoms with van der Waals surface area (Å²) in [6.45, 7) is 2.03. The smallest absolute Gasteiger partial charge is 0.408 e. The van der Waals surface area contributed by atoms with E-state index in [4.69, 9.17) is 4.74 Å². The maximum atomic E-state index is 12.2. The zero-order valence-electron chi connectivity index (χ0n) is 15.3. The van der Waals surface area contributed by atoms with Gasteiger partial charge >= 0.3 is 6.09 Å². The van der Waals surface area contributed by atoms with Gasteiger partial charge in [0.05, 0.1) is 17.6 Å². The topological polar surface area (TPSA) is 85.2 Å². The first kappa shape index (κ1) is 18.4. The molecule has 0 spiro atoms. The van der Waals surface area contributed by atoms with Gasteiger partial charge in [-0.25, -0.2) is 9.78 Å². The third-order valence-corrected chi connectivity index (χ3v) is 4.24. The van der Waals surface area contributed by atoms with Crippen LogP contribution in [0.2, 0.25) is 0 Å². The molecule has 0 radical (unpaired) electrons. The minimum absolute atomic E-state index is 0.154. The molecule has 1 atom stereocenters. The molecular formula is C20H22N4O3. The number of rotatable bonds is 6. The second-order valence-electron chi connectivity index (χ2n) is 6.22. The molecule has 0 aliphatic heterocycles. The molecule has 7 nitrogen and oxygen atoms in total. The summed E-state index contributed by atoms with van der Waals surface area (Å²) < 4.78 is 7.06. The Balaban J connectivity index is 1.48. The van der Waals surface area contributed by atoms with E-state index in [0.717, 1.165) is 22.4 Å². The van der Waals surface area contributed by atoms with Crippen molar-refractivity contribution in [3.63, 3.8) is 0 Å². The van der Waals surface area contributed by atoms with Crippen LogP contribution in [0.4, 0.5) is 4.79 Å². The number of carbonyl (C=O) groups excluding carboxylic acids is 2. The first-order chi connectivity index (χ1) is 13.0. The lowest BCUT2D eigenvalue weighted by molar-refractivity contribution is -0.122. The monoisotopic (exact) mass is 366 g/mol. The summed E-state index contributed by atoms with van der Waals surface area (Å²) in [7, 11) is 1.90. The molecule has 1 aromatic heterocycles. The lowest BCUT2D eigenvalue weighted by Gasteiger charge is -2.14. The molecule has 7 heteroatoms. The van der Waals surface area contributed by atoms with Crippen LogP contribution in [0.15, 0.2) is 54.6 Å². The zero-order valence-corrected chi connectivity index (χ0v) is 15.3. The van der Waals surface area contributed by atoms with Crippen molar-refractivity contribution in [2.24, 2.45) is 7.05 Å². The van der Waals surface area contributed by atoms with Crippen LogP contribution in [0.1, 0.15) is 18.3 Å².